The number of halogens is 1. The molecule has 0 aliphatic carbocycles. The van der Waals surface area contributed by atoms with E-state index in [1.165, 1.54) is 22.5 Å². The van der Waals surface area contributed by atoms with Crippen molar-refractivity contribution in [3.05, 3.63) is 100 Å². The zero-order chi connectivity index (χ0) is 22.6. The second-order valence-electron chi connectivity index (χ2n) is 7.90. The van der Waals surface area contributed by atoms with Gasteiger partial charge < -0.3 is 4.74 Å². The van der Waals surface area contributed by atoms with E-state index in [1.807, 2.05) is 72.1 Å². The van der Waals surface area contributed by atoms with E-state index < -0.39 is 0 Å². The molecule has 0 aliphatic rings. The third-order valence-electron chi connectivity index (χ3n) is 5.33. The number of thiazole rings is 1. The molecule has 0 aliphatic heterocycles. The molecule has 4 nitrogen and oxygen atoms in total. The van der Waals surface area contributed by atoms with Crippen molar-refractivity contribution < 1.29 is 9.53 Å². The molecule has 0 unspecified atom stereocenters. The number of ether oxygens (including phenoxy) is 1. The average Bonchev–Trinajstić information content (AvgIpc) is 3.27. The first-order chi connectivity index (χ1) is 15.4. The van der Waals surface area contributed by atoms with Gasteiger partial charge in [-0.05, 0) is 35.4 Å². The Balaban J connectivity index is 1.33. The van der Waals surface area contributed by atoms with Gasteiger partial charge in [0.2, 0.25) is 0 Å². The second-order valence-corrected chi connectivity index (χ2v) is 9.19. The van der Waals surface area contributed by atoms with Crippen LogP contribution in [-0.4, -0.2) is 17.5 Å². The van der Waals surface area contributed by atoms with E-state index in [9.17, 15) is 4.79 Å². The summed E-state index contributed by atoms with van der Waals surface area (Å²) in [5.41, 5.74) is 4.04. The third kappa shape index (κ3) is 5.18. The Morgan fingerprint density at radius 1 is 0.969 bits per heavy atom. The molecule has 0 saturated carbocycles. The molecule has 0 fully saturated rings. The van der Waals surface area contributed by atoms with Crippen molar-refractivity contribution in [1.29, 1.82) is 0 Å². The molecule has 1 aromatic heterocycles. The maximum Gasteiger partial charge on any atom is 0.264 e. The van der Waals surface area contributed by atoms with E-state index in [1.54, 1.807) is 0 Å². The zero-order valence-electron chi connectivity index (χ0n) is 17.8. The number of anilines is 1. The Labute approximate surface area is 196 Å². The molecule has 4 rings (SSSR count). The molecule has 1 amide bonds. The van der Waals surface area contributed by atoms with Crippen LogP contribution < -0.4 is 10.1 Å². The van der Waals surface area contributed by atoms with Crippen LogP contribution in [0.15, 0.2) is 84.2 Å². The van der Waals surface area contributed by atoms with Crippen LogP contribution in [0.2, 0.25) is 5.02 Å². The molecule has 0 bridgehead atoms. The molecule has 4 aromatic rings. The lowest BCUT2D eigenvalue weighted by Crippen LogP contribution is -2.20. The number of benzene rings is 3. The first-order valence-electron chi connectivity index (χ1n) is 10.2. The maximum absolute atomic E-state index is 12.3. The van der Waals surface area contributed by atoms with Gasteiger partial charge in [0.05, 0.1) is 5.69 Å². The quantitative estimate of drug-likeness (QED) is 0.328. The Bertz CT molecular complexity index is 1190. The largest absolute Gasteiger partial charge is 0.484 e. The maximum atomic E-state index is 12.3. The highest BCUT2D eigenvalue weighted by Gasteiger charge is 2.22. The molecule has 6 heteroatoms. The Morgan fingerprint density at radius 3 is 2.31 bits per heavy atom. The van der Waals surface area contributed by atoms with Crippen molar-refractivity contribution in [2.45, 2.75) is 19.3 Å². The van der Waals surface area contributed by atoms with Crippen LogP contribution in [0.1, 0.15) is 25.0 Å². The van der Waals surface area contributed by atoms with Crippen LogP contribution in [0.4, 0.5) is 5.13 Å². The van der Waals surface area contributed by atoms with Gasteiger partial charge in [-0.25, -0.2) is 4.98 Å². The first kappa shape index (κ1) is 22.1. The van der Waals surface area contributed by atoms with E-state index in [0.29, 0.717) is 15.9 Å². The number of nitrogens with one attached hydrogen (secondary N) is 1. The summed E-state index contributed by atoms with van der Waals surface area (Å²) in [5.74, 6) is 0.393. The highest BCUT2D eigenvalue weighted by atomic mass is 35.5. The molecule has 1 heterocycles. The number of amides is 1. The number of carbonyl (C=O) groups excluding carboxylic acids is 1. The average molecular weight is 463 g/mol. The molecule has 0 radical (unpaired) electrons. The van der Waals surface area contributed by atoms with Gasteiger partial charge in [-0.2, -0.15) is 0 Å². The number of hydrogen-bond donors (Lipinski definition) is 1. The van der Waals surface area contributed by atoms with Gasteiger partial charge in [0.15, 0.2) is 11.7 Å². The van der Waals surface area contributed by atoms with Gasteiger partial charge in [0, 0.05) is 21.4 Å². The molecule has 32 heavy (non-hydrogen) atoms. The van der Waals surface area contributed by atoms with Crippen molar-refractivity contribution in [3.8, 4) is 17.0 Å². The van der Waals surface area contributed by atoms with Crippen LogP contribution in [0.5, 0.6) is 5.75 Å². The zero-order valence-corrected chi connectivity index (χ0v) is 19.4. The fourth-order valence-corrected chi connectivity index (χ4v) is 4.24. The minimum absolute atomic E-state index is 0.0860. The van der Waals surface area contributed by atoms with Crippen molar-refractivity contribution in [2.24, 2.45) is 0 Å². The number of hydrogen-bond acceptors (Lipinski definition) is 4. The highest BCUT2D eigenvalue weighted by Crippen LogP contribution is 2.32. The summed E-state index contributed by atoms with van der Waals surface area (Å²) >= 11 is 7.30. The Morgan fingerprint density at radius 2 is 1.62 bits per heavy atom. The van der Waals surface area contributed by atoms with Crippen LogP contribution in [-0.2, 0) is 10.2 Å². The fourth-order valence-electron chi connectivity index (χ4n) is 3.38. The summed E-state index contributed by atoms with van der Waals surface area (Å²) < 4.78 is 5.67. The monoisotopic (exact) mass is 462 g/mol. The topological polar surface area (TPSA) is 51.2 Å². The van der Waals surface area contributed by atoms with Crippen molar-refractivity contribution in [1.82, 2.24) is 4.98 Å². The predicted octanol–water partition coefficient (Wildman–Crippen LogP) is 6.81. The number of nitrogens with zero attached hydrogens (tertiary/aromatic N) is 1. The SMILES string of the molecule is CC(C)(c1ccccc1)c1ccc(OCC(=O)Nc2nc(-c3ccc(Cl)cc3)cs2)cc1. The van der Waals surface area contributed by atoms with Crippen molar-refractivity contribution >= 4 is 34.0 Å². The van der Waals surface area contributed by atoms with Gasteiger partial charge in [0.1, 0.15) is 5.75 Å². The lowest BCUT2D eigenvalue weighted by atomic mass is 9.78. The molecule has 0 saturated heterocycles. The fraction of sp³-hybridized carbons (Fsp3) is 0.154. The molecule has 3 aromatic carbocycles. The molecule has 0 spiro atoms. The lowest BCUT2D eigenvalue weighted by molar-refractivity contribution is -0.118. The minimum Gasteiger partial charge on any atom is -0.484 e. The van der Waals surface area contributed by atoms with E-state index in [-0.39, 0.29) is 17.9 Å². The lowest BCUT2D eigenvalue weighted by Gasteiger charge is -2.26. The summed E-state index contributed by atoms with van der Waals surface area (Å²) in [6.45, 7) is 4.30. The first-order valence-corrected chi connectivity index (χ1v) is 11.5. The molecular formula is C26H23ClN2O2S. The highest BCUT2D eigenvalue weighted by molar-refractivity contribution is 7.14. The van der Waals surface area contributed by atoms with Gasteiger partial charge in [0.25, 0.3) is 5.91 Å². The number of carbonyl (C=O) groups is 1. The Hall–Kier alpha value is -3.15. The predicted molar refractivity (Wildman–Crippen MR) is 132 cm³/mol. The minimum atomic E-state index is -0.254. The van der Waals surface area contributed by atoms with Crippen LogP contribution in [0, 0.1) is 0 Å². The normalized spacial score (nSPS) is 11.2. The molecule has 1 N–H and O–H groups in total. The standard InChI is InChI=1S/C26H23ClN2O2S/c1-26(2,19-6-4-3-5-7-19)20-10-14-22(15-11-20)31-16-24(30)29-25-28-23(17-32-25)18-8-12-21(27)13-9-18/h3-15,17H,16H2,1-2H3,(H,28,29,30). The van der Waals surface area contributed by atoms with Gasteiger partial charge >= 0.3 is 0 Å². The van der Waals surface area contributed by atoms with E-state index in [4.69, 9.17) is 16.3 Å². The molecular weight excluding hydrogens is 440 g/mol. The summed E-state index contributed by atoms with van der Waals surface area (Å²) in [7, 11) is 0. The summed E-state index contributed by atoms with van der Waals surface area (Å²) in [6.07, 6.45) is 0. The summed E-state index contributed by atoms with van der Waals surface area (Å²) in [4.78, 5) is 16.8. The van der Waals surface area contributed by atoms with E-state index >= 15 is 0 Å². The van der Waals surface area contributed by atoms with E-state index in [0.717, 1.165) is 11.3 Å². The van der Waals surface area contributed by atoms with E-state index in [2.05, 4.69) is 36.3 Å². The number of aromatic nitrogens is 1. The van der Waals surface area contributed by atoms with Crippen LogP contribution >= 0.6 is 22.9 Å². The van der Waals surface area contributed by atoms with Crippen LogP contribution in [0.25, 0.3) is 11.3 Å². The number of rotatable bonds is 7. The smallest absolute Gasteiger partial charge is 0.264 e. The summed E-state index contributed by atoms with van der Waals surface area (Å²) in [6, 6.07) is 25.7. The van der Waals surface area contributed by atoms with Crippen LogP contribution in [0.3, 0.4) is 0 Å². The van der Waals surface area contributed by atoms with Gasteiger partial charge in [-0.15, -0.1) is 11.3 Å². The molecule has 0 atom stereocenters. The van der Waals surface area contributed by atoms with Gasteiger partial charge in [-0.3, -0.25) is 10.1 Å². The van der Waals surface area contributed by atoms with Crippen molar-refractivity contribution in [2.75, 3.05) is 11.9 Å². The third-order valence-corrected chi connectivity index (χ3v) is 6.34. The van der Waals surface area contributed by atoms with Crippen molar-refractivity contribution in [3.63, 3.8) is 0 Å². The Kier molecular flexibility index (Phi) is 6.58. The second kappa shape index (κ2) is 9.55. The molecule has 162 valence electrons. The summed E-state index contributed by atoms with van der Waals surface area (Å²) in [5, 5.41) is 5.89. The van der Waals surface area contributed by atoms with Gasteiger partial charge in [-0.1, -0.05) is 80.0 Å².